The maximum absolute atomic E-state index is 14.9. The smallest absolute Gasteiger partial charge is 0.302 e. The van der Waals surface area contributed by atoms with E-state index in [9.17, 15) is 27.5 Å². The number of halogens is 1. The lowest BCUT2D eigenvalue weighted by molar-refractivity contribution is -0.578. The summed E-state index contributed by atoms with van der Waals surface area (Å²) in [6, 6.07) is 7.09. The van der Waals surface area contributed by atoms with Crippen molar-refractivity contribution in [2.75, 3.05) is 19.0 Å². The number of benzene rings is 1. The highest BCUT2D eigenvalue weighted by atomic mass is 32.2. The Morgan fingerprint density at radius 2 is 1.71 bits per heavy atom. The van der Waals surface area contributed by atoms with Gasteiger partial charge in [-0.2, -0.15) is 4.39 Å². The topological polar surface area (TPSA) is 113 Å². The zero-order chi connectivity index (χ0) is 18.4. The number of hydrogen-bond acceptors (Lipinski definition) is 7. The molecule has 0 radical (unpaired) electrons. The first-order valence-corrected chi connectivity index (χ1v) is 10.3. The predicted octanol–water partition coefficient (Wildman–Crippen LogP) is 3.02. The van der Waals surface area contributed by atoms with Crippen molar-refractivity contribution in [2.45, 2.75) is 30.7 Å². The third kappa shape index (κ3) is 4.38. The lowest BCUT2D eigenvalue weighted by atomic mass is 10.4. The molecule has 1 rings (SSSR count). The summed E-state index contributed by atoms with van der Waals surface area (Å²) in [6.45, 7) is 2.16. The van der Waals surface area contributed by atoms with Crippen molar-refractivity contribution in [3.8, 4) is 0 Å². The van der Waals surface area contributed by atoms with Gasteiger partial charge in [-0.05, 0) is 26.0 Å². The predicted molar refractivity (Wildman–Crippen MR) is 84.8 cm³/mol. The van der Waals surface area contributed by atoms with Crippen molar-refractivity contribution < 1.29 is 31.3 Å². The summed E-state index contributed by atoms with van der Waals surface area (Å²) in [5.41, 5.74) is -3.65. The van der Waals surface area contributed by atoms with Crippen LogP contribution in [0.2, 0.25) is 0 Å². The SMILES string of the molecule is CCOP(=O)(OCC)C(F)(CCS(=O)(=O)c1ccccc1)[N+](=O)[O-]. The van der Waals surface area contributed by atoms with Crippen LogP contribution in [0.25, 0.3) is 0 Å². The van der Waals surface area contributed by atoms with Gasteiger partial charge >= 0.3 is 13.1 Å². The highest BCUT2D eigenvalue weighted by Crippen LogP contribution is 2.62. The molecule has 1 aromatic carbocycles. The molecule has 0 N–H and O–H groups in total. The number of rotatable bonds is 10. The minimum atomic E-state index is -4.81. The Labute approximate surface area is 139 Å². The van der Waals surface area contributed by atoms with E-state index in [2.05, 4.69) is 9.05 Å². The van der Waals surface area contributed by atoms with E-state index in [1.165, 1.54) is 38.1 Å². The van der Waals surface area contributed by atoms with E-state index < -0.39 is 40.1 Å². The van der Waals surface area contributed by atoms with E-state index in [1.54, 1.807) is 6.07 Å². The summed E-state index contributed by atoms with van der Waals surface area (Å²) in [7, 11) is -8.80. The molecular formula is C13H19FNO7PS. The Morgan fingerprint density at radius 1 is 1.21 bits per heavy atom. The molecule has 0 fully saturated rings. The minimum Gasteiger partial charge on any atom is -0.302 e. The Balaban J connectivity index is 3.13. The van der Waals surface area contributed by atoms with Gasteiger partial charge in [0.2, 0.25) is 0 Å². The molecule has 8 nitrogen and oxygen atoms in total. The summed E-state index contributed by atoms with van der Waals surface area (Å²) in [6.07, 6.45) is -1.16. The maximum atomic E-state index is 14.9. The van der Waals surface area contributed by atoms with Crippen molar-refractivity contribution in [3.05, 3.63) is 40.4 Å². The Kier molecular flexibility index (Phi) is 7.03. The fraction of sp³-hybridized carbons (Fsp3) is 0.538. The Bertz CT molecular complexity index is 702. The molecule has 0 aliphatic carbocycles. The van der Waals surface area contributed by atoms with Crippen LogP contribution in [0.3, 0.4) is 0 Å². The molecule has 0 bridgehead atoms. The highest BCUT2D eigenvalue weighted by molar-refractivity contribution is 7.91. The van der Waals surface area contributed by atoms with Gasteiger partial charge in [-0.15, -0.1) is 0 Å². The lowest BCUT2D eigenvalue weighted by Gasteiger charge is -2.24. The second-order valence-corrected chi connectivity index (χ2v) is 9.00. The first kappa shape index (κ1) is 20.7. The average Bonchev–Trinajstić information content (AvgIpc) is 2.53. The minimum absolute atomic E-state index is 0.113. The van der Waals surface area contributed by atoms with Gasteiger partial charge in [-0.1, -0.05) is 18.2 Å². The highest BCUT2D eigenvalue weighted by Gasteiger charge is 2.64. The monoisotopic (exact) mass is 383 g/mol. The van der Waals surface area contributed by atoms with Crippen molar-refractivity contribution in [1.29, 1.82) is 0 Å². The Morgan fingerprint density at radius 3 is 2.12 bits per heavy atom. The molecule has 0 saturated heterocycles. The molecule has 0 saturated carbocycles. The molecule has 0 aliphatic rings. The second kappa shape index (κ2) is 8.15. The van der Waals surface area contributed by atoms with E-state index in [1.807, 2.05) is 0 Å². The number of sulfone groups is 1. The molecule has 1 unspecified atom stereocenters. The standard InChI is InChI=1S/C13H19FNO7PS/c1-3-21-23(18,22-4-2)13(14,15(16)17)10-11-24(19,20)12-8-6-5-7-9-12/h5-9H,3-4,10-11H2,1-2H3. The van der Waals surface area contributed by atoms with Crippen molar-refractivity contribution in [2.24, 2.45) is 0 Å². The van der Waals surface area contributed by atoms with Crippen LogP contribution in [0.15, 0.2) is 35.2 Å². The first-order valence-electron chi connectivity index (χ1n) is 7.13. The van der Waals surface area contributed by atoms with Crippen LogP contribution >= 0.6 is 7.60 Å². The fourth-order valence-electron chi connectivity index (χ4n) is 1.91. The van der Waals surface area contributed by atoms with Gasteiger partial charge < -0.3 is 9.05 Å². The van der Waals surface area contributed by atoms with E-state index >= 15 is 0 Å². The number of alkyl halides is 1. The number of hydrogen-bond donors (Lipinski definition) is 0. The summed E-state index contributed by atoms with van der Waals surface area (Å²) >= 11 is 0. The average molecular weight is 383 g/mol. The van der Waals surface area contributed by atoms with Crippen molar-refractivity contribution >= 4 is 17.4 Å². The molecule has 0 aromatic heterocycles. The molecule has 0 aliphatic heterocycles. The zero-order valence-corrected chi connectivity index (χ0v) is 15.0. The fourth-order valence-corrected chi connectivity index (χ4v) is 5.15. The molecule has 0 spiro atoms. The largest absolute Gasteiger partial charge is 0.457 e. The van der Waals surface area contributed by atoms with Gasteiger partial charge in [0.15, 0.2) is 9.84 Å². The van der Waals surface area contributed by atoms with E-state index in [0.29, 0.717) is 0 Å². The first-order chi connectivity index (χ1) is 11.1. The summed E-state index contributed by atoms with van der Waals surface area (Å²) in [5, 5.41) is 11.2. The molecule has 1 aromatic rings. The van der Waals surface area contributed by atoms with Gasteiger partial charge in [0.1, 0.15) is 0 Å². The zero-order valence-electron chi connectivity index (χ0n) is 13.3. The summed E-state index contributed by atoms with van der Waals surface area (Å²) in [4.78, 5) is 9.62. The van der Waals surface area contributed by atoms with Crippen LogP contribution in [0.4, 0.5) is 4.39 Å². The number of nitro groups is 1. The quantitative estimate of drug-likeness (QED) is 0.264. The van der Waals surface area contributed by atoms with E-state index in [0.717, 1.165) is 0 Å². The van der Waals surface area contributed by atoms with Crippen LogP contribution in [-0.2, 0) is 23.4 Å². The van der Waals surface area contributed by atoms with E-state index in [4.69, 9.17) is 0 Å². The molecule has 11 heteroatoms. The molecule has 136 valence electrons. The summed E-state index contributed by atoms with van der Waals surface area (Å²) < 4.78 is 61.1. The molecule has 1 atom stereocenters. The molecule has 0 heterocycles. The van der Waals surface area contributed by atoms with Crippen molar-refractivity contribution in [1.82, 2.24) is 0 Å². The van der Waals surface area contributed by atoms with Gasteiger partial charge in [0.05, 0.1) is 35.2 Å². The maximum Gasteiger partial charge on any atom is 0.457 e. The van der Waals surface area contributed by atoms with E-state index in [-0.39, 0.29) is 18.1 Å². The van der Waals surface area contributed by atoms with Gasteiger partial charge in [0.25, 0.3) is 0 Å². The lowest BCUT2D eigenvalue weighted by Crippen LogP contribution is -2.37. The second-order valence-electron chi connectivity index (χ2n) is 4.69. The molecular weight excluding hydrogens is 364 g/mol. The third-order valence-corrected chi connectivity index (χ3v) is 7.24. The normalized spacial score (nSPS) is 15.0. The van der Waals surface area contributed by atoms with Crippen molar-refractivity contribution in [3.63, 3.8) is 0 Å². The van der Waals surface area contributed by atoms with Crippen LogP contribution in [0.1, 0.15) is 20.3 Å². The van der Waals surface area contributed by atoms with Gasteiger partial charge in [-0.3, -0.25) is 10.1 Å². The molecule has 0 amide bonds. The van der Waals surface area contributed by atoms with Crippen LogP contribution in [-0.4, -0.2) is 37.8 Å². The Hall–Kier alpha value is -1.35. The molecule has 24 heavy (non-hydrogen) atoms. The third-order valence-electron chi connectivity index (χ3n) is 3.09. The van der Waals surface area contributed by atoms with Gasteiger partial charge in [0, 0.05) is 0 Å². The van der Waals surface area contributed by atoms with Crippen LogP contribution in [0, 0.1) is 10.1 Å². The van der Waals surface area contributed by atoms with Gasteiger partial charge in [-0.25, -0.2) is 13.0 Å². The van der Waals surface area contributed by atoms with Crippen LogP contribution < -0.4 is 0 Å². The van der Waals surface area contributed by atoms with Crippen LogP contribution in [0.5, 0.6) is 0 Å². The summed E-state index contributed by atoms with van der Waals surface area (Å²) in [5.74, 6) is -0.918. The number of nitrogens with zero attached hydrogens (tertiary/aromatic N) is 1.